The molecule has 0 unspecified atom stereocenters. The first-order chi connectivity index (χ1) is 24.2. The molecule has 1 aromatic heterocycles. The summed E-state index contributed by atoms with van der Waals surface area (Å²) in [5, 5.41) is 5.11. The van der Waals surface area contributed by atoms with Gasteiger partial charge in [0, 0.05) is 12.6 Å². The molecule has 1 spiro atoms. The lowest BCUT2D eigenvalue weighted by molar-refractivity contribution is 0.802. The van der Waals surface area contributed by atoms with Gasteiger partial charge in [0.2, 0.25) is 0 Å². The molecule has 2 aliphatic rings. The molecule has 1 heterocycles. The summed E-state index contributed by atoms with van der Waals surface area (Å²) in [5.41, 5.74) is 16.1. The number of imidazole rings is 1. The molecule has 228 valence electrons. The lowest BCUT2D eigenvalue weighted by atomic mass is 9.69. The maximum Gasteiger partial charge on any atom is 0.140 e. The predicted molar refractivity (Wildman–Crippen MR) is 203 cm³/mol. The number of nitrogens with zero attached hydrogens (tertiary/aromatic N) is 2. The minimum atomic E-state index is -0.399. The first-order valence-corrected chi connectivity index (χ1v) is 17.0. The van der Waals surface area contributed by atoms with Crippen molar-refractivity contribution in [3.8, 4) is 44.8 Å². The van der Waals surface area contributed by atoms with Crippen LogP contribution in [-0.4, -0.2) is 9.55 Å². The largest absolute Gasteiger partial charge is 0.327 e. The van der Waals surface area contributed by atoms with Crippen LogP contribution in [0.2, 0.25) is 0 Å². The van der Waals surface area contributed by atoms with Crippen LogP contribution < -0.4 is 0 Å². The molecule has 2 aliphatic carbocycles. The van der Waals surface area contributed by atoms with E-state index in [1.165, 1.54) is 77.2 Å². The molecule has 2 heteroatoms. The molecule has 0 bridgehead atoms. The van der Waals surface area contributed by atoms with E-state index in [0.717, 1.165) is 22.4 Å². The first kappa shape index (κ1) is 26.8. The molecule has 0 aliphatic heterocycles. The summed E-state index contributed by atoms with van der Waals surface area (Å²) in [6, 6.07) is 60.7. The molecule has 0 N–H and O–H groups in total. The molecule has 8 aromatic carbocycles. The fraction of sp³-hybridized carbons (Fsp3) is 0.0426. The molecular formula is C47H30N2. The number of aryl methyl sites for hydroxylation is 1. The van der Waals surface area contributed by atoms with E-state index in [1.54, 1.807) is 0 Å². The fourth-order valence-electron chi connectivity index (χ4n) is 9.07. The summed E-state index contributed by atoms with van der Waals surface area (Å²) >= 11 is 0. The van der Waals surface area contributed by atoms with E-state index >= 15 is 0 Å². The topological polar surface area (TPSA) is 17.8 Å². The number of hydrogen-bond acceptors (Lipinski definition) is 1. The minimum Gasteiger partial charge on any atom is -0.327 e. The van der Waals surface area contributed by atoms with Crippen molar-refractivity contribution >= 4 is 32.6 Å². The van der Waals surface area contributed by atoms with Crippen molar-refractivity contribution in [2.75, 3.05) is 0 Å². The van der Waals surface area contributed by atoms with Crippen LogP contribution in [0.15, 0.2) is 164 Å². The molecular weight excluding hydrogens is 593 g/mol. The van der Waals surface area contributed by atoms with Crippen LogP contribution in [0.1, 0.15) is 22.3 Å². The van der Waals surface area contributed by atoms with Crippen LogP contribution in [0, 0.1) is 0 Å². The van der Waals surface area contributed by atoms with Gasteiger partial charge in [-0.25, -0.2) is 4.98 Å². The van der Waals surface area contributed by atoms with E-state index in [-0.39, 0.29) is 0 Å². The Morgan fingerprint density at radius 3 is 1.88 bits per heavy atom. The van der Waals surface area contributed by atoms with Gasteiger partial charge >= 0.3 is 0 Å². The lowest BCUT2D eigenvalue weighted by Crippen LogP contribution is -2.26. The Hall–Kier alpha value is -6.25. The van der Waals surface area contributed by atoms with Crippen LogP contribution in [-0.2, 0) is 12.5 Å². The summed E-state index contributed by atoms with van der Waals surface area (Å²) in [7, 11) is 2.10. The number of fused-ring (bicyclic) bond motifs is 14. The number of rotatable bonds is 2. The van der Waals surface area contributed by atoms with Gasteiger partial charge in [0.25, 0.3) is 0 Å². The summed E-state index contributed by atoms with van der Waals surface area (Å²) in [6.07, 6.45) is 0. The quantitative estimate of drug-likeness (QED) is 0.188. The highest BCUT2D eigenvalue weighted by Gasteiger charge is 2.52. The molecule has 0 radical (unpaired) electrons. The lowest BCUT2D eigenvalue weighted by Gasteiger charge is -2.31. The molecule has 0 amide bonds. The summed E-state index contributed by atoms with van der Waals surface area (Å²) in [5.74, 6) is 0.983. The number of aromatic nitrogens is 2. The average Bonchev–Trinajstić information content (AvgIpc) is 3.76. The first-order valence-electron chi connectivity index (χ1n) is 17.0. The highest BCUT2D eigenvalue weighted by atomic mass is 15.1. The molecule has 0 saturated carbocycles. The third-order valence-corrected chi connectivity index (χ3v) is 11.2. The van der Waals surface area contributed by atoms with Crippen LogP contribution in [0.4, 0.5) is 0 Å². The van der Waals surface area contributed by atoms with Crippen molar-refractivity contribution in [1.29, 1.82) is 0 Å². The Morgan fingerprint density at radius 2 is 1.10 bits per heavy atom. The van der Waals surface area contributed by atoms with Crippen LogP contribution in [0.25, 0.3) is 77.3 Å². The Morgan fingerprint density at radius 1 is 0.449 bits per heavy atom. The van der Waals surface area contributed by atoms with E-state index in [4.69, 9.17) is 4.98 Å². The van der Waals surface area contributed by atoms with E-state index in [9.17, 15) is 0 Å². The maximum atomic E-state index is 5.08. The minimum absolute atomic E-state index is 0.399. The van der Waals surface area contributed by atoms with Gasteiger partial charge in [0.1, 0.15) is 5.82 Å². The second kappa shape index (κ2) is 9.65. The third-order valence-electron chi connectivity index (χ3n) is 11.2. The summed E-state index contributed by atoms with van der Waals surface area (Å²) < 4.78 is 2.19. The number of hydrogen-bond donors (Lipinski definition) is 0. The second-order valence-electron chi connectivity index (χ2n) is 13.6. The van der Waals surface area contributed by atoms with Gasteiger partial charge in [-0.05, 0) is 108 Å². The van der Waals surface area contributed by atoms with E-state index in [1.807, 2.05) is 6.07 Å². The van der Waals surface area contributed by atoms with Crippen molar-refractivity contribution in [3.63, 3.8) is 0 Å². The predicted octanol–water partition coefficient (Wildman–Crippen LogP) is 11.6. The number of benzene rings is 8. The third kappa shape index (κ3) is 3.48. The Balaban J connectivity index is 1.16. The summed E-state index contributed by atoms with van der Waals surface area (Å²) in [6.45, 7) is 0. The molecule has 0 atom stereocenters. The Labute approximate surface area is 284 Å². The Bertz CT molecular complexity index is 2790. The van der Waals surface area contributed by atoms with E-state index in [2.05, 4.69) is 169 Å². The van der Waals surface area contributed by atoms with Crippen molar-refractivity contribution < 1.29 is 0 Å². The second-order valence-corrected chi connectivity index (χ2v) is 13.6. The van der Waals surface area contributed by atoms with Crippen LogP contribution in [0.5, 0.6) is 0 Å². The van der Waals surface area contributed by atoms with Crippen molar-refractivity contribution in [1.82, 2.24) is 9.55 Å². The SMILES string of the molecule is Cn1c(-c2ccccc2)nc2cc(-c3ccc4c5c(ccc4c3)-c3cc4ccccc4cc3C53c4ccccc4-c4ccccc43)ccc21. The van der Waals surface area contributed by atoms with E-state index < -0.39 is 5.41 Å². The zero-order chi connectivity index (χ0) is 32.3. The fourth-order valence-corrected chi connectivity index (χ4v) is 9.07. The van der Waals surface area contributed by atoms with Crippen molar-refractivity contribution in [2.45, 2.75) is 5.41 Å². The summed E-state index contributed by atoms with van der Waals surface area (Å²) in [4.78, 5) is 5.08. The van der Waals surface area contributed by atoms with E-state index in [0.29, 0.717) is 0 Å². The van der Waals surface area contributed by atoms with Gasteiger partial charge in [-0.1, -0.05) is 133 Å². The monoisotopic (exact) mass is 622 g/mol. The van der Waals surface area contributed by atoms with Crippen LogP contribution >= 0.6 is 0 Å². The molecule has 0 fully saturated rings. The van der Waals surface area contributed by atoms with Gasteiger partial charge in [-0.2, -0.15) is 0 Å². The molecule has 49 heavy (non-hydrogen) atoms. The average molecular weight is 623 g/mol. The van der Waals surface area contributed by atoms with Gasteiger partial charge in [-0.15, -0.1) is 0 Å². The van der Waals surface area contributed by atoms with Gasteiger partial charge in [0.15, 0.2) is 0 Å². The van der Waals surface area contributed by atoms with Gasteiger partial charge < -0.3 is 4.57 Å². The maximum absolute atomic E-state index is 5.08. The van der Waals surface area contributed by atoms with Gasteiger partial charge in [-0.3, -0.25) is 0 Å². The molecule has 11 rings (SSSR count). The standard InChI is InChI=1S/C47H30N2/c1-49-44-24-21-33(28-43(44)48-46(49)29-11-3-2-4-12-29)32-19-22-35-34(25-32)20-23-38-39-26-30-13-5-6-14-31(30)27-42(39)47(45(35)38)40-17-9-7-15-36(40)37-16-8-10-18-41(37)47/h2-28H,1H3. The highest BCUT2D eigenvalue weighted by Crippen LogP contribution is 2.64. The normalized spacial score (nSPS) is 13.6. The van der Waals surface area contributed by atoms with Gasteiger partial charge in [0.05, 0.1) is 16.4 Å². The molecule has 0 saturated heterocycles. The zero-order valence-corrected chi connectivity index (χ0v) is 27.0. The van der Waals surface area contributed by atoms with Crippen molar-refractivity contribution in [2.24, 2.45) is 7.05 Å². The zero-order valence-electron chi connectivity index (χ0n) is 27.0. The van der Waals surface area contributed by atoms with Crippen molar-refractivity contribution in [3.05, 3.63) is 186 Å². The smallest absolute Gasteiger partial charge is 0.140 e. The molecule has 2 nitrogen and oxygen atoms in total. The molecule has 9 aromatic rings. The van der Waals surface area contributed by atoms with Crippen LogP contribution in [0.3, 0.4) is 0 Å². The Kier molecular flexibility index (Phi) is 5.28. The highest BCUT2D eigenvalue weighted by molar-refractivity contribution is 6.07.